The van der Waals surface area contributed by atoms with Crippen molar-refractivity contribution in [3.05, 3.63) is 59.7 Å². The van der Waals surface area contributed by atoms with Crippen LogP contribution in [0.3, 0.4) is 0 Å². The minimum Gasteiger partial charge on any atom is -0.384 e. The van der Waals surface area contributed by atoms with Crippen molar-refractivity contribution in [3.63, 3.8) is 0 Å². The van der Waals surface area contributed by atoms with E-state index in [-0.39, 0.29) is 12.5 Å². The van der Waals surface area contributed by atoms with Crippen LogP contribution in [-0.2, 0) is 20.0 Å². The highest BCUT2D eigenvalue weighted by Crippen LogP contribution is 2.28. The van der Waals surface area contributed by atoms with Crippen LogP contribution in [-0.4, -0.2) is 35.9 Å². The molecule has 0 aromatic heterocycles. The number of carbonyl (C=O) groups excluding carboxylic acids is 3. The maximum atomic E-state index is 12.3. The molecule has 0 bridgehead atoms. The van der Waals surface area contributed by atoms with E-state index in [0.29, 0.717) is 24.2 Å². The van der Waals surface area contributed by atoms with Crippen molar-refractivity contribution in [1.29, 1.82) is 0 Å². The van der Waals surface area contributed by atoms with Gasteiger partial charge in [0.2, 0.25) is 5.91 Å². The molecule has 1 aliphatic rings. The molecule has 3 rings (SSSR count). The van der Waals surface area contributed by atoms with Gasteiger partial charge in [-0.15, -0.1) is 0 Å². The molecule has 7 heteroatoms. The summed E-state index contributed by atoms with van der Waals surface area (Å²) < 4.78 is 0. The van der Waals surface area contributed by atoms with Crippen LogP contribution < -0.4 is 15.5 Å². The molecule has 3 amide bonds. The van der Waals surface area contributed by atoms with E-state index >= 15 is 0 Å². The molecule has 1 saturated heterocycles. The SMILES string of the molecule is Cc1ccc(NC(=O)C(=O)NC[C@@](C)(O)c2ccccc2)cc1N1CCCC1=O. The van der Waals surface area contributed by atoms with Crippen LogP contribution in [0, 0.1) is 6.92 Å². The third-order valence-electron chi connectivity index (χ3n) is 5.03. The Morgan fingerprint density at radius 2 is 1.86 bits per heavy atom. The summed E-state index contributed by atoms with van der Waals surface area (Å²) in [7, 11) is 0. The molecule has 0 aliphatic carbocycles. The normalized spacial score (nSPS) is 15.7. The number of amides is 3. The standard InChI is InChI=1S/C22H25N3O4/c1-15-10-11-17(13-18(15)25-12-6-9-19(25)26)24-21(28)20(27)23-14-22(2,29)16-7-4-3-5-8-16/h3-5,7-8,10-11,13,29H,6,9,12,14H2,1-2H3,(H,23,27)(H,24,28)/t22-/m1/s1. The first kappa shape index (κ1) is 20.5. The average Bonchev–Trinajstić information content (AvgIpc) is 3.14. The lowest BCUT2D eigenvalue weighted by atomic mass is 9.96. The van der Waals surface area contributed by atoms with Gasteiger partial charge < -0.3 is 20.6 Å². The molecule has 2 aromatic rings. The molecule has 7 nitrogen and oxygen atoms in total. The highest BCUT2D eigenvalue weighted by molar-refractivity contribution is 6.39. The van der Waals surface area contributed by atoms with E-state index in [0.717, 1.165) is 17.7 Å². The first-order valence-corrected chi connectivity index (χ1v) is 9.56. The molecule has 29 heavy (non-hydrogen) atoms. The number of aryl methyl sites for hydroxylation is 1. The highest BCUT2D eigenvalue weighted by atomic mass is 16.3. The zero-order chi connectivity index (χ0) is 21.0. The van der Waals surface area contributed by atoms with Crippen LogP contribution in [0.15, 0.2) is 48.5 Å². The highest BCUT2D eigenvalue weighted by Gasteiger charge is 2.26. The average molecular weight is 395 g/mol. The second-order valence-electron chi connectivity index (χ2n) is 7.43. The molecule has 1 fully saturated rings. The minimum atomic E-state index is -1.30. The van der Waals surface area contributed by atoms with Gasteiger partial charge >= 0.3 is 11.8 Å². The fourth-order valence-corrected chi connectivity index (χ4v) is 3.30. The molecule has 0 radical (unpaired) electrons. The van der Waals surface area contributed by atoms with Crippen LogP contribution in [0.2, 0.25) is 0 Å². The largest absolute Gasteiger partial charge is 0.384 e. The summed E-state index contributed by atoms with van der Waals surface area (Å²) in [5, 5.41) is 15.6. The fourth-order valence-electron chi connectivity index (χ4n) is 3.30. The predicted octanol–water partition coefficient (Wildman–Crippen LogP) is 2.08. The van der Waals surface area contributed by atoms with Gasteiger partial charge in [-0.3, -0.25) is 14.4 Å². The molecule has 1 aliphatic heterocycles. The number of nitrogens with zero attached hydrogens (tertiary/aromatic N) is 1. The molecule has 0 unspecified atom stereocenters. The van der Waals surface area contributed by atoms with E-state index in [9.17, 15) is 19.5 Å². The van der Waals surface area contributed by atoms with Crippen LogP contribution in [0.25, 0.3) is 0 Å². The number of nitrogens with one attached hydrogen (secondary N) is 2. The van der Waals surface area contributed by atoms with Gasteiger partial charge in [0.25, 0.3) is 0 Å². The molecule has 0 saturated carbocycles. The van der Waals surface area contributed by atoms with Gasteiger partial charge in [0.05, 0.1) is 6.54 Å². The van der Waals surface area contributed by atoms with Crippen LogP contribution in [0.5, 0.6) is 0 Å². The van der Waals surface area contributed by atoms with Gasteiger partial charge in [0.1, 0.15) is 5.60 Å². The van der Waals surface area contributed by atoms with E-state index < -0.39 is 17.4 Å². The summed E-state index contributed by atoms with van der Waals surface area (Å²) in [5.74, 6) is -1.63. The zero-order valence-electron chi connectivity index (χ0n) is 16.6. The second-order valence-corrected chi connectivity index (χ2v) is 7.43. The number of carbonyl (C=O) groups is 3. The molecule has 0 spiro atoms. The van der Waals surface area contributed by atoms with Crippen molar-refractivity contribution in [1.82, 2.24) is 5.32 Å². The van der Waals surface area contributed by atoms with Gasteiger partial charge in [-0.25, -0.2) is 0 Å². The Kier molecular flexibility index (Phi) is 5.98. The first-order valence-electron chi connectivity index (χ1n) is 9.56. The number of anilines is 2. The van der Waals surface area contributed by atoms with E-state index in [2.05, 4.69) is 10.6 Å². The molecule has 1 atom stereocenters. The number of hydrogen-bond donors (Lipinski definition) is 3. The van der Waals surface area contributed by atoms with Crippen LogP contribution in [0.1, 0.15) is 30.9 Å². The van der Waals surface area contributed by atoms with Gasteiger partial charge in [0.15, 0.2) is 0 Å². The molecule has 3 N–H and O–H groups in total. The van der Waals surface area contributed by atoms with Gasteiger partial charge in [0, 0.05) is 24.3 Å². The van der Waals surface area contributed by atoms with Gasteiger partial charge in [-0.05, 0) is 43.5 Å². The summed E-state index contributed by atoms with van der Waals surface area (Å²) in [6.07, 6.45) is 1.32. The topological polar surface area (TPSA) is 98.7 Å². The van der Waals surface area contributed by atoms with Crippen LogP contribution in [0.4, 0.5) is 11.4 Å². The lowest BCUT2D eigenvalue weighted by Gasteiger charge is -2.24. The smallest absolute Gasteiger partial charge is 0.313 e. The number of benzene rings is 2. The Labute approximate surface area is 169 Å². The molecule has 152 valence electrons. The maximum Gasteiger partial charge on any atom is 0.313 e. The lowest BCUT2D eigenvalue weighted by Crippen LogP contribution is -2.43. The monoisotopic (exact) mass is 395 g/mol. The lowest BCUT2D eigenvalue weighted by molar-refractivity contribution is -0.136. The Hall–Kier alpha value is -3.19. The van der Waals surface area contributed by atoms with E-state index in [4.69, 9.17) is 0 Å². The van der Waals surface area contributed by atoms with Crippen molar-refractivity contribution < 1.29 is 19.5 Å². The van der Waals surface area contributed by atoms with Crippen molar-refractivity contribution in [2.75, 3.05) is 23.3 Å². The second kappa shape index (κ2) is 8.45. The van der Waals surface area contributed by atoms with Crippen molar-refractivity contribution in [3.8, 4) is 0 Å². The van der Waals surface area contributed by atoms with Gasteiger partial charge in [-0.2, -0.15) is 0 Å². The predicted molar refractivity (Wildman–Crippen MR) is 110 cm³/mol. The molecular weight excluding hydrogens is 370 g/mol. The first-order chi connectivity index (χ1) is 13.8. The molecule has 1 heterocycles. The van der Waals surface area contributed by atoms with E-state index in [1.54, 1.807) is 54.3 Å². The summed E-state index contributed by atoms with van der Waals surface area (Å²) in [6.45, 7) is 4.00. The Balaban J connectivity index is 1.63. The van der Waals surface area contributed by atoms with E-state index in [1.165, 1.54) is 0 Å². The Morgan fingerprint density at radius 1 is 1.14 bits per heavy atom. The zero-order valence-corrected chi connectivity index (χ0v) is 16.6. The Bertz CT molecular complexity index is 925. The van der Waals surface area contributed by atoms with Crippen LogP contribution >= 0.6 is 0 Å². The minimum absolute atomic E-state index is 0.0532. The van der Waals surface area contributed by atoms with Crippen molar-refractivity contribution >= 4 is 29.1 Å². The maximum absolute atomic E-state index is 12.3. The third kappa shape index (κ3) is 4.81. The summed E-state index contributed by atoms with van der Waals surface area (Å²) >= 11 is 0. The van der Waals surface area contributed by atoms with Crippen molar-refractivity contribution in [2.45, 2.75) is 32.3 Å². The number of aliphatic hydroxyl groups is 1. The van der Waals surface area contributed by atoms with Crippen molar-refractivity contribution in [2.24, 2.45) is 0 Å². The molecular formula is C22H25N3O4. The molecule has 2 aromatic carbocycles. The fraction of sp³-hybridized carbons (Fsp3) is 0.318. The third-order valence-corrected chi connectivity index (χ3v) is 5.03. The quantitative estimate of drug-likeness (QED) is 0.675. The van der Waals surface area contributed by atoms with Gasteiger partial charge in [-0.1, -0.05) is 36.4 Å². The Morgan fingerprint density at radius 3 is 2.52 bits per heavy atom. The number of hydrogen-bond acceptors (Lipinski definition) is 4. The summed E-state index contributed by atoms with van der Waals surface area (Å²) in [6, 6.07) is 14.1. The van der Waals surface area contributed by atoms with E-state index in [1.807, 2.05) is 13.0 Å². The summed E-state index contributed by atoms with van der Waals surface area (Å²) in [4.78, 5) is 38.2. The number of rotatable bonds is 5. The summed E-state index contributed by atoms with van der Waals surface area (Å²) in [5.41, 5.74) is 1.42.